The van der Waals surface area contributed by atoms with Gasteiger partial charge in [-0.3, -0.25) is 0 Å². The zero-order valence-corrected chi connectivity index (χ0v) is 10.1. The van der Waals surface area contributed by atoms with Crippen molar-refractivity contribution < 1.29 is 4.74 Å². The van der Waals surface area contributed by atoms with Gasteiger partial charge in [0.1, 0.15) is 0 Å². The lowest BCUT2D eigenvalue weighted by atomic mass is 9.93. The van der Waals surface area contributed by atoms with E-state index in [2.05, 4.69) is 6.92 Å². The van der Waals surface area contributed by atoms with Crippen molar-refractivity contribution >= 4 is 11.6 Å². The topological polar surface area (TPSA) is 9.23 Å². The van der Waals surface area contributed by atoms with Crippen LogP contribution >= 0.6 is 11.6 Å². The fourth-order valence-corrected chi connectivity index (χ4v) is 2.49. The summed E-state index contributed by atoms with van der Waals surface area (Å²) in [6, 6.07) is 0. The minimum Gasteiger partial charge on any atom is -0.381 e. The van der Waals surface area contributed by atoms with E-state index < -0.39 is 0 Å². The fourth-order valence-electron chi connectivity index (χ4n) is 2.12. The molecule has 2 heteroatoms. The van der Waals surface area contributed by atoms with Crippen LogP contribution in [0.1, 0.15) is 51.9 Å². The predicted octanol–water partition coefficient (Wildman–Crippen LogP) is 3.99. The molecular weight excluding hydrogens is 196 g/mol. The zero-order chi connectivity index (χ0) is 10.2. The summed E-state index contributed by atoms with van der Waals surface area (Å²) in [6.07, 6.45) is 8.78. The second kappa shape index (κ2) is 7.53. The average Bonchev–Trinajstić information content (AvgIpc) is 2.20. The molecule has 1 aliphatic heterocycles. The lowest BCUT2D eigenvalue weighted by Crippen LogP contribution is -2.15. The minimum atomic E-state index is 0.417. The predicted molar refractivity (Wildman–Crippen MR) is 61.9 cm³/mol. The summed E-state index contributed by atoms with van der Waals surface area (Å²) in [7, 11) is 0. The summed E-state index contributed by atoms with van der Waals surface area (Å²) in [6.45, 7) is 4.15. The molecule has 1 unspecified atom stereocenters. The number of hydrogen-bond donors (Lipinski definition) is 0. The standard InChI is InChI=1S/C12H23ClO/c1-2-4-12(13)6-3-5-11-7-9-14-10-8-11/h11-12H,2-10H2,1H3. The first-order chi connectivity index (χ1) is 6.83. The smallest absolute Gasteiger partial charge is 0.0468 e. The van der Waals surface area contributed by atoms with Gasteiger partial charge in [0, 0.05) is 18.6 Å². The van der Waals surface area contributed by atoms with E-state index in [-0.39, 0.29) is 0 Å². The molecule has 1 atom stereocenters. The number of rotatable bonds is 6. The molecule has 0 radical (unpaired) electrons. The van der Waals surface area contributed by atoms with Gasteiger partial charge in [0.05, 0.1) is 0 Å². The maximum absolute atomic E-state index is 6.17. The zero-order valence-electron chi connectivity index (χ0n) is 9.30. The van der Waals surface area contributed by atoms with Gasteiger partial charge in [0.25, 0.3) is 0 Å². The molecule has 1 saturated heterocycles. The summed E-state index contributed by atoms with van der Waals surface area (Å²) in [5, 5.41) is 0.417. The number of halogens is 1. The third-order valence-electron chi connectivity index (χ3n) is 3.07. The van der Waals surface area contributed by atoms with E-state index in [9.17, 15) is 0 Å². The molecule has 0 spiro atoms. The van der Waals surface area contributed by atoms with Crippen LogP contribution in [-0.2, 0) is 4.74 Å². The van der Waals surface area contributed by atoms with Gasteiger partial charge in [-0.1, -0.05) is 26.2 Å². The van der Waals surface area contributed by atoms with Gasteiger partial charge >= 0.3 is 0 Å². The molecule has 0 aromatic rings. The molecule has 1 rings (SSSR count). The lowest BCUT2D eigenvalue weighted by Gasteiger charge is -2.22. The molecule has 0 aliphatic carbocycles. The molecule has 84 valence electrons. The van der Waals surface area contributed by atoms with Gasteiger partial charge in [-0.15, -0.1) is 11.6 Å². The van der Waals surface area contributed by atoms with E-state index in [1.165, 1.54) is 44.9 Å². The van der Waals surface area contributed by atoms with E-state index in [1.807, 2.05) is 0 Å². The van der Waals surface area contributed by atoms with Crippen LogP contribution in [-0.4, -0.2) is 18.6 Å². The lowest BCUT2D eigenvalue weighted by molar-refractivity contribution is 0.0631. The molecule has 1 fully saturated rings. The van der Waals surface area contributed by atoms with Crippen molar-refractivity contribution in [3.05, 3.63) is 0 Å². The Kier molecular flexibility index (Phi) is 6.63. The molecule has 14 heavy (non-hydrogen) atoms. The Morgan fingerprint density at radius 2 is 2.00 bits per heavy atom. The Hall–Kier alpha value is 0.250. The highest BCUT2D eigenvalue weighted by molar-refractivity contribution is 6.20. The van der Waals surface area contributed by atoms with Crippen LogP contribution in [0.25, 0.3) is 0 Å². The van der Waals surface area contributed by atoms with E-state index in [0.29, 0.717) is 5.38 Å². The first-order valence-corrected chi connectivity index (χ1v) is 6.48. The number of hydrogen-bond acceptors (Lipinski definition) is 1. The molecule has 1 heterocycles. The maximum Gasteiger partial charge on any atom is 0.0468 e. The molecule has 1 nitrogen and oxygen atoms in total. The van der Waals surface area contributed by atoms with Gasteiger partial charge in [-0.25, -0.2) is 0 Å². The molecular formula is C12H23ClO. The van der Waals surface area contributed by atoms with E-state index >= 15 is 0 Å². The van der Waals surface area contributed by atoms with Crippen molar-refractivity contribution in [3.8, 4) is 0 Å². The number of ether oxygens (including phenoxy) is 1. The van der Waals surface area contributed by atoms with Crippen LogP contribution in [0.4, 0.5) is 0 Å². The summed E-state index contributed by atoms with van der Waals surface area (Å²) in [5.74, 6) is 0.911. The first kappa shape index (κ1) is 12.3. The summed E-state index contributed by atoms with van der Waals surface area (Å²) < 4.78 is 5.34. The first-order valence-electron chi connectivity index (χ1n) is 6.04. The second-order valence-corrected chi connectivity index (χ2v) is 4.99. The third kappa shape index (κ3) is 5.21. The SMILES string of the molecule is CCCC(Cl)CCCC1CCOCC1. The van der Waals surface area contributed by atoms with Crippen LogP contribution in [0.5, 0.6) is 0 Å². The third-order valence-corrected chi connectivity index (χ3v) is 3.51. The quantitative estimate of drug-likeness (QED) is 0.613. The van der Waals surface area contributed by atoms with Crippen LogP contribution in [0.3, 0.4) is 0 Å². The van der Waals surface area contributed by atoms with Crippen LogP contribution < -0.4 is 0 Å². The van der Waals surface area contributed by atoms with Crippen molar-refractivity contribution in [2.75, 3.05) is 13.2 Å². The van der Waals surface area contributed by atoms with Crippen molar-refractivity contribution in [2.45, 2.75) is 57.2 Å². The van der Waals surface area contributed by atoms with E-state index in [4.69, 9.17) is 16.3 Å². The Morgan fingerprint density at radius 1 is 1.29 bits per heavy atom. The molecule has 0 bridgehead atoms. The fraction of sp³-hybridized carbons (Fsp3) is 1.00. The molecule has 1 aliphatic rings. The van der Waals surface area contributed by atoms with Crippen molar-refractivity contribution in [1.29, 1.82) is 0 Å². The van der Waals surface area contributed by atoms with E-state index in [0.717, 1.165) is 19.1 Å². The van der Waals surface area contributed by atoms with Gasteiger partial charge in [0.2, 0.25) is 0 Å². The Bertz CT molecular complexity index is 132. The monoisotopic (exact) mass is 218 g/mol. The Morgan fingerprint density at radius 3 is 2.64 bits per heavy atom. The highest BCUT2D eigenvalue weighted by Gasteiger charge is 2.13. The minimum absolute atomic E-state index is 0.417. The van der Waals surface area contributed by atoms with Crippen LogP contribution in [0, 0.1) is 5.92 Å². The largest absolute Gasteiger partial charge is 0.381 e. The van der Waals surface area contributed by atoms with Crippen LogP contribution in [0.15, 0.2) is 0 Å². The highest BCUT2D eigenvalue weighted by atomic mass is 35.5. The normalized spacial score (nSPS) is 21.0. The summed E-state index contributed by atoms with van der Waals surface area (Å²) in [4.78, 5) is 0. The Labute approximate surface area is 93.2 Å². The van der Waals surface area contributed by atoms with E-state index in [1.54, 1.807) is 0 Å². The number of alkyl halides is 1. The van der Waals surface area contributed by atoms with Crippen LogP contribution in [0.2, 0.25) is 0 Å². The van der Waals surface area contributed by atoms with Gasteiger partial charge in [-0.2, -0.15) is 0 Å². The average molecular weight is 219 g/mol. The maximum atomic E-state index is 6.17. The molecule has 0 aromatic carbocycles. The van der Waals surface area contributed by atoms with Crippen molar-refractivity contribution in [2.24, 2.45) is 5.92 Å². The molecule has 0 aromatic heterocycles. The summed E-state index contributed by atoms with van der Waals surface area (Å²) in [5.41, 5.74) is 0. The highest BCUT2D eigenvalue weighted by Crippen LogP contribution is 2.22. The van der Waals surface area contributed by atoms with Crippen molar-refractivity contribution in [1.82, 2.24) is 0 Å². The Balaban J connectivity index is 1.96. The molecule has 0 amide bonds. The van der Waals surface area contributed by atoms with Crippen molar-refractivity contribution in [3.63, 3.8) is 0 Å². The summed E-state index contributed by atoms with van der Waals surface area (Å²) >= 11 is 6.17. The molecule has 0 N–H and O–H groups in total. The van der Waals surface area contributed by atoms with Gasteiger partial charge in [0.15, 0.2) is 0 Å². The van der Waals surface area contributed by atoms with Gasteiger partial charge in [-0.05, 0) is 31.6 Å². The van der Waals surface area contributed by atoms with Gasteiger partial charge < -0.3 is 4.74 Å². The second-order valence-electron chi connectivity index (χ2n) is 4.37. The molecule has 0 saturated carbocycles.